The molecule has 0 spiro atoms. The monoisotopic (exact) mass is 361 g/mol. The van der Waals surface area contributed by atoms with Gasteiger partial charge in [0.15, 0.2) is 11.9 Å². The lowest BCUT2D eigenvalue weighted by molar-refractivity contribution is -0.703. The minimum atomic E-state index is 0.866. The van der Waals surface area contributed by atoms with E-state index < -0.39 is 0 Å². The van der Waals surface area contributed by atoms with Crippen LogP contribution >= 0.6 is 0 Å². The molecule has 0 N–H and O–H groups in total. The lowest BCUT2D eigenvalue weighted by Crippen LogP contribution is -2.36. The van der Waals surface area contributed by atoms with E-state index in [9.17, 15) is 0 Å². The summed E-state index contributed by atoms with van der Waals surface area (Å²) in [5.41, 5.74) is 2.60. The zero-order valence-electron chi connectivity index (χ0n) is 17.2. The van der Waals surface area contributed by atoms with Crippen molar-refractivity contribution in [1.29, 1.82) is 0 Å². The Morgan fingerprint density at radius 3 is 2.44 bits per heavy atom. The number of nitrogens with zero attached hydrogens (tertiary/aromatic N) is 2. The molecule has 1 aromatic heterocycles. The first-order chi connectivity index (χ1) is 13.2. The van der Waals surface area contributed by atoms with Crippen LogP contribution in [0.1, 0.15) is 58.1 Å². The maximum atomic E-state index is 4.35. The van der Waals surface area contributed by atoms with E-state index in [-0.39, 0.29) is 0 Å². The van der Waals surface area contributed by atoms with E-state index in [2.05, 4.69) is 84.5 Å². The quantitative estimate of drug-likeness (QED) is 0.179. The Labute approximate surface area is 166 Å². The second-order valence-corrected chi connectivity index (χ2v) is 6.74. The van der Waals surface area contributed by atoms with Gasteiger partial charge in [-0.2, -0.15) is 0 Å². The molecule has 0 aliphatic carbocycles. The van der Waals surface area contributed by atoms with E-state index in [0.717, 1.165) is 51.6 Å². The van der Waals surface area contributed by atoms with Crippen LogP contribution in [0, 0.1) is 30.6 Å². The molecular formula is C25H33N2+. The Kier molecular flexibility index (Phi) is 13.0. The van der Waals surface area contributed by atoms with E-state index in [1.165, 1.54) is 11.3 Å². The first-order valence-corrected chi connectivity index (χ1v) is 9.91. The molecule has 0 amide bonds. The molecule has 0 unspecified atom stereocenters. The smallest absolute Gasteiger partial charge is 0.178 e. The van der Waals surface area contributed by atoms with Crippen LogP contribution in [0.15, 0.2) is 53.2 Å². The highest BCUT2D eigenvalue weighted by Crippen LogP contribution is 1.96. The fourth-order valence-corrected chi connectivity index (χ4v) is 2.37. The van der Waals surface area contributed by atoms with E-state index in [4.69, 9.17) is 0 Å². The number of aromatic nitrogens is 1. The lowest BCUT2D eigenvalue weighted by atomic mass is 10.2. The van der Waals surface area contributed by atoms with Crippen molar-refractivity contribution in [2.75, 3.05) is 6.54 Å². The highest BCUT2D eigenvalue weighted by molar-refractivity contribution is 5.71. The first-order valence-electron chi connectivity index (χ1n) is 9.91. The van der Waals surface area contributed by atoms with Crippen molar-refractivity contribution >= 4 is 6.21 Å². The number of unbranched alkanes of at least 4 members (excludes halogenated alkanes) is 4. The summed E-state index contributed by atoms with van der Waals surface area (Å²) in [7, 11) is 0. The summed E-state index contributed by atoms with van der Waals surface area (Å²) in [5.74, 6) is 12.2. The maximum absolute atomic E-state index is 4.35. The molecule has 0 fully saturated rings. The van der Waals surface area contributed by atoms with Crippen LogP contribution in [0.3, 0.4) is 0 Å². The predicted octanol–water partition coefficient (Wildman–Crippen LogP) is 5.22. The fourth-order valence-electron chi connectivity index (χ4n) is 2.37. The summed E-state index contributed by atoms with van der Waals surface area (Å²) < 4.78 is 2.29. The van der Waals surface area contributed by atoms with Gasteiger partial charge >= 0.3 is 0 Å². The Bertz CT molecular complexity index is 742. The normalized spacial score (nSPS) is 10.3. The van der Waals surface area contributed by atoms with Crippen LogP contribution in [0.4, 0.5) is 0 Å². The standard InChI is InChI=1S/C25H33N2/c1-24(2)18-12-15-21-26-20-14-10-8-6-4-5-7-9-11-16-22-27-23-17-13-19-25(27)3/h12-13,15,17-19,21,23H,8-11,14,16,20,22H2,1-3H3/q+1/b15-12-,26-21+. The predicted molar refractivity (Wildman–Crippen MR) is 117 cm³/mol. The Hall–Kier alpha value is -2.58. The molecule has 0 bridgehead atoms. The van der Waals surface area contributed by atoms with Gasteiger partial charge in [0.05, 0.1) is 0 Å². The van der Waals surface area contributed by atoms with Gasteiger partial charge < -0.3 is 0 Å². The topological polar surface area (TPSA) is 16.2 Å². The highest BCUT2D eigenvalue weighted by atomic mass is 14.9. The van der Waals surface area contributed by atoms with Crippen molar-refractivity contribution in [2.45, 2.75) is 65.8 Å². The van der Waals surface area contributed by atoms with Crippen molar-refractivity contribution in [3.63, 3.8) is 0 Å². The maximum Gasteiger partial charge on any atom is 0.178 e. The molecule has 0 atom stereocenters. The largest absolute Gasteiger partial charge is 0.293 e. The first kappa shape index (κ1) is 22.5. The summed E-state index contributed by atoms with van der Waals surface area (Å²) in [6.45, 7) is 8.24. The zero-order chi connectivity index (χ0) is 19.6. The molecule has 2 nitrogen and oxygen atoms in total. The van der Waals surface area contributed by atoms with Crippen LogP contribution < -0.4 is 4.57 Å². The summed E-state index contributed by atoms with van der Waals surface area (Å²) >= 11 is 0. The third-order valence-corrected chi connectivity index (χ3v) is 3.93. The number of rotatable bonds is 10. The molecule has 0 aliphatic heterocycles. The molecule has 1 rings (SSSR count). The molecular weight excluding hydrogens is 328 g/mol. The minimum Gasteiger partial charge on any atom is -0.293 e. The number of allylic oxidation sites excluding steroid dienone is 4. The van der Waals surface area contributed by atoms with Crippen molar-refractivity contribution < 1.29 is 4.57 Å². The second kappa shape index (κ2) is 15.7. The lowest BCUT2D eigenvalue weighted by Gasteiger charge is -1.98. The van der Waals surface area contributed by atoms with Crippen molar-refractivity contribution in [2.24, 2.45) is 4.99 Å². The average Bonchev–Trinajstić information content (AvgIpc) is 2.65. The Balaban J connectivity index is 2.01. The number of hydrogen-bond donors (Lipinski definition) is 0. The molecule has 2 heteroatoms. The summed E-state index contributed by atoms with van der Waals surface area (Å²) in [6, 6.07) is 6.30. The van der Waals surface area contributed by atoms with Gasteiger partial charge in [0.2, 0.25) is 0 Å². The number of hydrogen-bond acceptors (Lipinski definition) is 1. The molecule has 0 aromatic carbocycles. The second-order valence-electron chi connectivity index (χ2n) is 6.74. The molecule has 27 heavy (non-hydrogen) atoms. The number of pyridine rings is 1. The molecule has 0 saturated heterocycles. The van der Waals surface area contributed by atoms with E-state index in [1.807, 2.05) is 18.4 Å². The Morgan fingerprint density at radius 2 is 1.74 bits per heavy atom. The summed E-state index contributed by atoms with van der Waals surface area (Å²) in [6.07, 6.45) is 16.3. The van der Waals surface area contributed by atoms with Gasteiger partial charge in [-0.05, 0) is 51.0 Å². The summed E-state index contributed by atoms with van der Waals surface area (Å²) in [4.78, 5) is 4.35. The van der Waals surface area contributed by atoms with Gasteiger partial charge in [-0.25, -0.2) is 4.57 Å². The Morgan fingerprint density at radius 1 is 1.00 bits per heavy atom. The minimum absolute atomic E-state index is 0.866. The SMILES string of the molecule is CC(C)=C/C=C\C=N\CCCCC#CC#CCCCC[n+]1ccccc1C. The van der Waals surface area contributed by atoms with Crippen LogP contribution in [-0.4, -0.2) is 12.8 Å². The average molecular weight is 362 g/mol. The van der Waals surface area contributed by atoms with E-state index in [1.54, 1.807) is 0 Å². The van der Waals surface area contributed by atoms with Crippen molar-refractivity contribution in [3.05, 3.63) is 53.9 Å². The highest BCUT2D eigenvalue weighted by Gasteiger charge is 2.02. The molecule has 142 valence electrons. The van der Waals surface area contributed by atoms with Gasteiger partial charge in [0, 0.05) is 51.1 Å². The molecule has 1 heterocycles. The van der Waals surface area contributed by atoms with Crippen molar-refractivity contribution in [3.8, 4) is 23.7 Å². The van der Waals surface area contributed by atoms with Gasteiger partial charge in [-0.1, -0.05) is 35.6 Å². The zero-order valence-corrected chi connectivity index (χ0v) is 17.2. The molecule has 0 saturated carbocycles. The summed E-state index contributed by atoms with van der Waals surface area (Å²) in [5, 5.41) is 0. The van der Waals surface area contributed by atoms with Crippen LogP contribution in [0.2, 0.25) is 0 Å². The molecule has 1 aromatic rings. The van der Waals surface area contributed by atoms with Crippen molar-refractivity contribution in [1.82, 2.24) is 0 Å². The van der Waals surface area contributed by atoms with Gasteiger partial charge in [0.25, 0.3) is 0 Å². The third kappa shape index (κ3) is 13.3. The van der Waals surface area contributed by atoms with Crippen LogP contribution in [0.5, 0.6) is 0 Å². The van der Waals surface area contributed by atoms with Crippen LogP contribution in [-0.2, 0) is 6.54 Å². The fraction of sp³-hybridized carbons (Fsp3) is 0.440. The van der Waals surface area contributed by atoms with Gasteiger partial charge in [0.1, 0.15) is 6.54 Å². The molecule has 0 aliphatic rings. The number of aliphatic imine (C=N–C) groups is 1. The molecule has 0 radical (unpaired) electrons. The van der Waals surface area contributed by atoms with Gasteiger partial charge in [-0.15, -0.1) is 0 Å². The van der Waals surface area contributed by atoms with E-state index in [0.29, 0.717) is 0 Å². The third-order valence-electron chi connectivity index (χ3n) is 3.93. The van der Waals surface area contributed by atoms with E-state index >= 15 is 0 Å². The van der Waals surface area contributed by atoms with Crippen LogP contribution in [0.25, 0.3) is 0 Å². The number of aryl methyl sites for hydroxylation is 2. The van der Waals surface area contributed by atoms with Gasteiger partial charge in [-0.3, -0.25) is 4.99 Å².